The molecule has 2 fully saturated rings. The minimum absolute atomic E-state index is 0.163. The van der Waals surface area contributed by atoms with Crippen molar-refractivity contribution in [2.45, 2.75) is 24.8 Å². The molecule has 0 aromatic carbocycles. The van der Waals surface area contributed by atoms with E-state index in [1.807, 2.05) is 0 Å². The van der Waals surface area contributed by atoms with Gasteiger partial charge in [0.1, 0.15) is 11.8 Å². The van der Waals surface area contributed by atoms with Gasteiger partial charge in [-0.2, -0.15) is 0 Å². The van der Waals surface area contributed by atoms with Crippen molar-refractivity contribution in [3.8, 4) is 0 Å². The predicted molar refractivity (Wildman–Crippen MR) is 53.7 cm³/mol. The summed E-state index contributed by atoms with van der Waals surface area (Å²) in [6, 6.07) is -0.395. The summed E-state index contributed by atoms with van der Waals surface area (Å²) in [5, 5.41) is 2.72. The Bertz CT molecular complexity index is 323. The van der Waals surface area contributed by atoms with Gasteiger partial charge in [-0.15, -0.1) is 0 Å². The molecule has 0 aromatic rings. The van der Waals surface area contributed by atoms with E-state index in [1.165, 1.54) is 0 Å². The lowest BCUT2D eigenvalue weighted by molar-refractivity contribution is -0.134. The third kappa shape index (κ3) is 1.69. The molecule has 1 N–H and O–H groups in total. The number of aldehydes is 1. The lowest BCUT2D eigenvalue weighted by atomic mass is 9.90. The zero-order valence-corrected chi connectivity index (χ0v) is 8.90. The molecule has 2 aliphatic heterocycles. The minimum atomic E-state index is -0.780. The van der Waals surface area contributed by atoms with E-state index in [0.717, 1.165) is 4.90 Å². The maximum Gasteiger partial charge on any atom is 0.325 e. The number of carbonyl (C=O) groups excluding carboxylic acids is 3. The van der Waals surface area contributed by atoms with Crippen molar-refractivity contribution in [2.24, 2.45) is 0 Å². The van der Waals surface area contributed by atoms with Gasteiger partial charge in [0.05, 0.1) is 0 Å². The molecule has 0 atom stereocenters. The second kappa shape index (κ2) is 4.21. The third-order valence-electron chi connectivity index (χ3n) is 3.06. The van der Waals surface area contributed by atoms with Gasteiger partial charge in [-0.25, -0.2) is 4.79 Å². The molecule has 1 spiro atoms. The molecule has 0 aromatic heterocycles. The largest absolute Gasteiger partial charge is 0.381 e. The van der Waals surface area contributed by atoms with E-state index in [2.05, 4.69) is 5.32 Å². The van der Waals surface area contributed by atoms with Crippen molar-refractivity contribution in [3.63, 3.8) is 0 Å². The number of urea groups is 1. The summed E-state index contributed by atoms with van der Waals surface area (Å²) < 4.78 is 5.18. The van der Waals surface area contributed by atoms with Crippen LogP contribution in [-0.2, 0) is 14.3 Å². The van der Waals surface area contributed by atoms with Crippen LogP contribution in [0.5, 0.6) is 0 Å². The van der Waals surface area contributed by atoms with E-state index >= 15 is 0 Å². The number of nitrogens with one attached hydrogen (secondary N) is 1. The van der Waals surface area contributed by atoms with Crippen molar-refractivity contribution >= 4 is 18.2 Å². The van der Waals surface area contributed by atoms with Crippen molar-refractivity contribution in [1.82, 2.24) is 10.2 Å². The van der Waals surface area contributed by atoms with Crippen LogP contribution in [0.2, 0.25) is 0 Å². The van der Waals surface area contributed by atoms with Crippen LogP contribution in [0.4, 0.5) is 4.79 Å². The Morgan fingerprint density at radius 1 is 1.38 bits per heavy atom. The molecule has 2 rings (SSSR count). The highest BCUT2D eigenvalue weighted by Crippen LogP contribution is 2.28. The van der Waals surface area contributed by atoms with E-state index in [4.69, 9.17) is 4.74 Å². The zero-order valence-electron chi connectivity index (χ0n) is 8.90. The molecule has 0 bridgehead atoms. The summed E-state index contributed by atoms with van der Waals surface area (Å²) in [7, 11) is 0. The van der Waals surface area contributed by atoms with Crippen molar-refractivity contribution in [1.29, 1.82) is 0 Å². The Labute approximate surface area is 92.9 Å². The summed E-state index contributed by atoms with van der Waals surface area (Å²) >= 11 is 0. The first-order chi connectivity index (χ1) is 7.69. The highest BCUT2D eigenvalue weighted by Gasteiger charge is 2.51. The topological polar surface area (TPSA) is 75.7 Å². The van der Waals surface area contributed by atoms with Crippen LogP contribution in [-0.4, -0.2) is 48.4 Å². The molecule has 0 radical (unpaired) electrons. The molecule has 6 nitrogen and oxygen atoms in total. The van der Waals surface area contributed by atoms with Crippen LogP contribution in [0.1, 0.15) is 19.3 Å². The highest BCUT2D eigenvalue weighted by atomic mass is 16.5. The van der Waals surface area contributed by atoms with Gasteiger partial charge in [0, 0.05) is 39.0 Å². The van der Waals surface area contributed by atoms with Gasteiger partial charge in [0.2, 0.25) is 0 Å². The Hall–Kier alpha value is -1.43. The Kier molecular flexibility index (Phi) is 2.91. The number of rotatable bonds is 3. The summed E-state index contributed by atoms with van der Waals surface area (Å²) in [6.45, 7) is 1.12. The summed E-state index contributed by atoms with van der Waals surface area (Å²) in [5.41, 5.74) is -0.780. The first-order valence-electron chi connectivity index (χ1n) is 5.35. The molecule has 0 aliphatic carbocycles. The van der Waals surface area contributed by atoms with E-state index < -0.39 is 11.6 Å². The molecule has 6 heteroatoms. The molecule has 0 unspecified atom stereocenters. The fraction of sp³-hybridized carbons (Fsp3) is 0.700. The minimum Gasteiger partial charge on any atom is -0.381 e. The van der Waals surface area contributed by atoms with Gasteiger partial charge in [-0.1, -0.05) is 0 Å². The van der Waals surface area contributed by atoms with Gasteiger partial charge < -0.3 is 14.8 Å². The molecule has 88 valence electrons. The molecule has 2 heterocycles. The molecule has 2 saturated heterocycles. The van der Waals surface area contributed by atoms with Gasteiger partial charge in [0.15, 0.2) is 0 Å². The maximum absolute atomic E-state index is 12.1. The van der Waals surface area contributed by atoms with E-state index in [9.17, 15) is 14.4 Å². The van der Waals surface area contributed by atoms with Crippen LogP contribution in [0, 0.1) is 0 Å². The highest BCUT2D eigenvalue weighted by molar-refractivity contribution is 6.07. The van der Waals surface area contributed by atoms with Crippen LogP contribution in [0.3, 0.4) is 0 Å². The Morgan fingerprint density at radius 3 is 2.69 bits per heavy atom. The van der Waals surface area contributed by atoms with Gasteiger partial charge in [-0.3, -0.25) is 9.69 Å². The predicted octanol–water partition coefficient (Wildman–Crippen LogP) is -0.324. The van der Waals surface area contributed by atoms with Crippen LogP contribution < -0.4 is 5.32 Å². The fourth-order valence-corrected chi connectivity index (χ4v) is 2.12. The lowest BCUT2D eigenvalue weighted by Crippen LogP contribution is -2.51. The van der Waals surface area contributed by atoms with Crippen molar-refractivity contribution < 1.29 is 19.1 Å². The van der Waals surface area contributed by atoms with E-state index in [-0.39, 0.29) is 18.9 Å². The number of hydrogen-bond acceptors (Lipinski definition) is 4. The second-order valence-electron chi connectivity index (χ2n) is 4.04. The smallest absolute Gasteiger partial charge is 0.325 e. The van der Waals surface area contributed by atoms with Crippen LogP contribution in [0.15, 0.2) is 0 Å². The molecular weight excluding hydrogens is 212 g/mol. The average Bonchev–Trinajstić information content (AvgIpc) is 2.50. The summed E-state index contributed by atoms with van der Waals surface area (Å²) in [5.74, 6) is -0.220. The molecule has 16 heavy (non-hydrogen) atoms. The quantitative estimate of drug-likeness (QED) is 0.528. The lowest BCUT2D eigenvalue weighted by Gasteiger charge is -2.30. The second-order valence-corrected chi connectivity index (χ2v) is 4.04. The van der Waals surface area contributed by atoms with E-state index in [1.54, 1.807) is 0 Å². The van der Waals surface area contributed by atoms with Gasteiger partial charge in [-0.05, 0) is 0 Å². The maximum atomic E-state index is 12.1. The van der Waals surface area contributed by atoms with Crippen molar-refractivity contribution in [3.05, 3.63) is 0 Å². The number of ether oxygens (including phenoxy) is 1. The molecule has 2 aliphatic rings. The van der Waals surface area contributed by atoms with Crippen LogP contribution >= 0.6 is 0 Å². The molecule has 3 amide bonds. The first-order valence-corrected chi connectivity index (χ1v) is 5.35. The monoisotopic (exact) mass is 226 g/mol. The normalized spacial score (nSPS) is 23.6. The molecule has 0 saturated carbocycles. The number of imide groups is 1. The Balaban J connectivity index is 2.11. The number of carbonyl (C=O) groups is 3. The number of hydrogen-bond donors (Lipinski definition) is 1. The molecular formula is C10H14N2O4. The van der Waals surface area contributed by atoms with E-state index in [0.29, 0.717) is 32.3 Å². The third-order valence-corrected chi connectivity index (χ3v) is 3.06. The number of amides is 3. The fourth-order valence-electron chi connectivity index (χ4n) is 2.12. The standard InChI is InChI=1S/C10H14N2O4/c13-5-1-4-12-8(14)10(11-9(12)15)2-6-16-7-3-10/h5H,1-4,6-7H2,(H,11,15). The summed E-state index contributed by atoms with van der Waals surface area (Å²) in [4.78, 5) is 35.0. The first kappa shape index (κ1) is 11.1. The SMILES string of the molecule is O=CCCN1C(=O)NC2(CCOCC2)C1=O. The average molecular weight is 226 g/mol. The number of nitrogens with zero attached hydrogens (tertiary/aromatic N) is 1. The van der Waals surface area contributed by atoms with Crippen LogP contribution in [0.25, 0.3) is 0 Å². The van der Waals surface area contributed by atoms with Gasteiger partial charge in [0.25, 0.3) is 5.91 Å². The summed E-state index contributed by atoms with van der Waals surface area (Å²) in [6.07, 6.45) is 1.91. The Morgan fingerprint density at radius 2 is 2.06 bits per heavy atom. The van der Waals surface area contributed by atoms with Gasteiger partial charge >= 0.3 is 6.03 Å². The zero-order chi connectivity index (χ0) is 11.6. The van der Waals surface area contributed by atoms with Crippen molar-refractivity contribution in [2.75, 3.05) is 19.8 Å².